The molecule has 0 spiro atoms. The van der Waals surface area contributed by atoms with Crippen molar-refractivity contribution in [1.82, 2.24) is 0 Å². The lowest BCUT2D eigenvalue weighted by molar-refractivity contribution is 0.0884. The maximum atomic E-state index is 9.44. The van der Waals surface area contributed by atoms with Gasteiger partial charge in [-0.3, -0.25) is 0 Å². The molecule has 1 aliphatic rings. The van der Waals surface area contributed by atoms with E-state index in [0.29, 0.717) is 0 Å². The number of allylic oxidation sites excluding steroid dienone is 1. The molecule has 1 aliphatic carbocycles. The van der Waals surface area contributed by atoms with Crippen LogP contribution in [0.5, 0.6) is 0 Å². The van der Waals surface area contributed by atoms with Crippen LogP contribution in [0.4, 0.5) is 0 Å². The van der Waals surface area contributed by atoms with Crippen molar-refractivity contribution in [2.75, 3.05) is 0 Å². The number of rotatable bonds is 0. The molecule has 1 heteroatoms. The summed E-state index contributed by atoms with van der Waals surface area (Å²) in [6.45, 7) is 6.11. The van der Waals surface area contributed by atoms with Gasteiger partial charge >= 0.3 is 0 Å². The molecule has 1 N–H and O–H groups in total. The third-order valence-electron chi connectivity index (χ3n) is 1.71. The van der Waals surface area contributed by atoms with E-state index < -0.39 is 5.60 Å². The van der Waals surface area contributed by atoms with Gasteiger partial charge in [0.2, 0.25) is 0 Å². The van der Waals surface area contributed by atoms with Crippen molar-refractivity contribution in [1.29, 1.82) is 0 Å². The van der Waals surface area contributed by atoms with Crippen molar-refractivity contribution in [2.24, 2.45) is 5.41 Å². The second kappa shape index (κ2) is 1.60. The van der Waals surface area contributed by atoms with E-state index in [1.807, 2.05) is 13.0 Å². The minimum Gasteiger partial charge on any atom is -0.386 e. The topological polar surface area (TPSA) is 20.2 Å². The van der Waals surface area contributed by atoms with Crippen LogP contribution in [0.3, 0.4) is 0 Å². The van der Waals surface area contributed by atoms with Gasteiger partial charge in [0.05, 0.1) is 5.60 Å². The van der Waals surface area contributed by atoms with Crippen molar-refractivity contribution >= 4 is 0 Å². The maximum absolute atomic E-state index is 9.44. The highest BCUT2D eigenvalue weighted by atomic mass is 16.3. The smallest absolute Gasteiger partial charge is 0.0807 e. The summed E-state index contributed by atoms with van der Waals surface area (Å²) < 4.78 is 0. The predicted octanol–water partition coefficient (Wildman–Crippen LogP) is 1.72. The first-order valence-electron chi connectivity index (χ1n) is 3.34. The summed E-state index contributed by atoms with van der Waals surface area (Å²) >= 11 is 0. The highest BCUT2D eigenvalue weighted by Crippen LogP contribution is 2.36. The fourth-order valence-electron chi connectivity index (χ4n) is 1.45. The molecule has 0 unspecified atom stereocenters. The second-order valence-electron chi connectivity index (χ2n) is 3.86. The largest absolute Gasteiger partial charge is 0.386 e. The van der Waals surface area contributed by atoms with Crippen molar-refractivity contribution in [3.05, 3.63) is 12.2 Å². The quantitative estimate of drug-likeness (QED) is 0.490. The minimum atomic E-state index is -0.552. The van der Waals surface area contributed by atoms with Crippen LogP contribution in [0.1, 0.15) is 27.2 Å². The zero-order valence-electron chi connectivity index (χ0n) is 6.31. The first kappa shape index (κ1) is 6.81. The summed E-state index contributed by atoms with van der Waals surface area (Å²) in [6.07, 6.45) is 4.81. The molecule has 1 atom stereocenters. The SMILES string of the molecule is CC1(C)C=C[C@](C)(O)C1. The number of aliphatic hydroxyl groups is 1. The molecule has 0 aromatic heterocycles. The Balaban J connectivity index is 2.71. The Morgan fingerprint density at radius 1 is 1.22 bits per heavy atom. The van der Waals surface area contributed by atoms with Crippen molar-refractivity contribution in [2.45, 2.75) is 32.8 Å². The molecule has 0 saturated carbocycles. The Labute approximate surface area is 56.4 Å². The van der Waals surface area contributed by atoms with Gasteiger partial charge in [0, 0.05) is 0 Å². The van der Waals surface area contributed by atoms with Crippen LogP contribution in [-0.2, 0) is 0 Å². The molecule has 0 aromatic carbocycles. The fourth-order valence-corrected chi connectivity index (χ4v) is 1.45. The van der Waals surface area contributed by atoms with E-state index in [2.05, 4.69) is 19.9 Å². The molecule has 0 heterocycles. The Morgan fingerprint density at radius 3 is 1.89 bits per heavy atom. The Kier molecular flexibility index (Phi) is 1.21. The zero-order valence-corrected chi connectivity index (χ0v) is 6.31. The van der Waals surface area contributed by atoms with E-state index in [9.17, 15) is 5.11 Å². The van der Waals surface area contributed by atoms with Crippen LogP contribution < -0.4 is 0 Å². The second-order valence-corrected chi connectivity index (χ2v) is 3.86. The maximum Gasteiger partial charge on any atom is 0.0807 e. The molecule has 1 rings (SSSR count). The van der Waals surface area contributed by atoms with Gasteiger partial charge in [-0.2, -0.15) is 0 Å². The summed E-state index contributed by atoms with van der Waals surface area (Å²) in [5.74, 6) is 0. The Hall–Kier alpha value is -0.300. The molecule has 52 valence electrons. The average Bonchev–Trinajstić information content (AvgIpc) is 1.78. The van der Waals surface area contributed by atoms with E-state index in [1.54, 1.807) is 0 Å². The van der Waals surface area contributed by atoms with Crippen LogP contribution in [0.2, 0.25) is 0 Å². The first-order valence-corrected chi connectivity index (χ1v) is 3.34. The van der Waals surface area contributed by atoms with E-state index in [1.165, 1.54) is 0 Å². The molecule has 0 aromatic rings. The van der Waals surface area contributed by atoms with Crippen LogP contribution in [-0.4, -0.2) is 10.7 Å². The van der Waals surface area contributed by atoms with E-state index >= 15 is 0 Å². The third kappa shape index (κ3) is 1.55. The molecule has 0 radical (unpaired) electrons. The van der Waals surface area contributed by atoms with Gasteiger partial charge in [-0.05, 0) is 18.8 Å². The Morgan fingerprint density at radius 2 is 1.78 bits per heavy atom. The summed E-state index contributed by atoms with van der Waals surface area (Å²) in [7, 11) is 0. The van der Waals surface area contributed by atoms with Crippen LogP contribution in [0.25, 0.3) is 0 Å². The predicted molar refractivity (Wildman–Crippen MR) is 38.2 cm³/mol. The van der Waals surface area contributed by atoms with Gasteiger partial charge in [0.1, 0.15) is 0 Å². The van der Waals surface area contributed by atoms with Crippen LogP contribution in [0, 0.1) is 5.41 Å². The monoisotopic (exact) mass is 126 g/mol. The van der Waals surface area contributed by atoms with E-state index in [4.69, 9.17) is 0 Å². The lowest BCUT2D eigenvalue weighted by Gasteiger charge is -2.20. The standard InChI is InChI=1S/C8H14O/c1-7(2)4-5-8(3,9)6-7/h4-5,9H,6H2,1-3H3/t8-/m0/s1. The fraction of sp³-hybridized carbons (Fsp3) is 0.750. The first-order chi connectivity index (χ1) is 3.91. The highest BCUT2D eigenvalue weighted by molar-refractivity contribution is 5.14. The van der Waals surface area contributed by atoms with Gasteiger partial charge in [-0.25, -0.2) is 0 Å². The molecule has 0 aliphatic heterocycles. The number of hydrogen-bond donors (Lipinski definition) is 1. The van der Waals surface area contributed by atoms with Gasteiger partial charge in [-0.15, -0.1) is 0 Å². The Bertz CT molecular complexity index is 127. The lowest BCUT2D eigenvalue weighted by Crippen LogP contribution is -2.21. The van der Waals surface area contributed by atoms with Gasteiger partial charge in [-0.1, -0.05) is 26.0 Å². The summed E-state index contributed by atoms with van der Waals surface area (Å²) in [5.41, 5.74) is -0.354. The van der Waals surface area contributed by atoms with Gasteiger partial charge < -0.3 is 5.11 Å². The molecule has 9 heavy (non-hydrogen) atoms. The average molecular weight is 126 g/mol. The minimum absolute atomic E-state index is 0.198. The number of hydrogen-bond acceptors (Lipinski definition) is 1. The van der Waals surface area contributed by atoms with E-state index in [-0.39, 0.29) is 5.41 Å². The van der Waals surface area contributed by atoms with Crippen LogP contribution >= 0.6 is 0 Å². The molecular formula is C8H14O. The summed E-state index contributed by atoms with van der Waals surface area (Å²) in [4.78, 5) is 0. The normalized spacial score (nSPS) is 39.6. The molecule has 1 nitrogen and oxygen atoms in total. The molecule has 0 bridgehead atoms. The molecule has 0 fully saturated rings. The molecule has 0 amide bonds. The van der Waals surface area contributed by atoms with Gasteiger partial charge in [0.25, 0.3) is 0 Å². The van der Waals surface area contributed by atoms with Crippen molar-refractivity contribution < 1.29 is 5.11 Å². The lowest BCUT2D eigenvalue weighted by atomic mass is 9.89. The van der Waals surface area contributed by atoms with Crippen LogP contribution in [0.15, 0.2) is 12.2 Å². The van der Waals surface area contributed by atoms with Crippen molar-refractivity contribution in [3.8, 4) is 0 Å². The highest BCUT2D eigenvalue weighted by Gasteiger charge is 2.32. The zero-order chi connectivity index (χ0) is 7.12. The summed E-state index contributed by atoms with van der Waals surface area (Å²) in [6, 6.07) is 0. The molecule has 0 saturated heterocycles. The van der Waals surface area contributed by atoms with Gasteiger partial charge in [0.15, 0.2) is 0 Å². The molecular weight excluding hydrogens is 112 g/mol. The third-order valence-corrected chi connectivity index (χ3v) is 1.71. The van der Waals surface area contributed by atoms with E-state index in [0.717, 1.165) is 6.42 Å². The van der Waals surface area contributed by atoms with Crippen molar-refractivity contribution in [3.63, 3.8) is 0 Å². The summed E-state index contributed by atoms with van der Waals surface area (Å²) in [5, 5.41) is 9.44.